The highest BCUT2D eigenvalue weighted by atomic mass is 35.5. The predicted octanol–water partition coefficient (Wildman–Crippen LogP) is 4.64. The summed E-state index contributed by atoms with van der Waals surface area (Å²) in [4.78, 5) is 12.1. The topological polar surface area (TPSA) is 64.3 Å². The van der Waals surface area contributed by atoms with E-state index in [9.17, 15) is 4.79 Å². The van der Waals surface area contributed by atoms with E-state index in [0.717, 1.165) is 0 Å². The number of nitrogen functional groups attached to an aromatic ring is 1. The molecule has 0 heterocycles. The van der Waals surface area contributed by atoms with E-state index in [2.05, 4.69) is 5.32 Å². The number of nitrogens with one attached hydrogen (secondary N) is 1. The van der Waals surface area contributed by atoms with Crippen molar-refractivity contribution in [1.82, 2.24) is 0 Å². The number of nitrogens with two attached hydrogens (primary N) is 1. The predicted molar refractivity (Wildman–Crippen MR) is 91.0 cm³/mol. The minimum Gasteiger partial charge on any atom is -0.481 e. The molecule has 0 radical (unpaired) electrons. The standard InChI is InChI=1S/C15H13Cl3N2O2/c1-8(22-11-4-2-9(16)3-5-11)15(21)20-10-6-12(17)14(19)13(18)7-10/h2-8H,19H2,1H3,(H,20,21). The molecule has 4 nitrogen and oxygen atoms in total. The highest BCUT2D eigenvalue weighted by molar-refractivity contribution is 6.39. The zero-order valence-corrected chi connectivity index (χ0v) is 13.8. The lowest BCUT2D eigenvalue weighted by Crippen LogP contribution is -2.30. The summed E-state index contributed by atoms with van der Waals surface area (Å²) in [6.45, 7) is 1.63. The van der Waals surface area contributed by atoms with Crippen LogP contribution in [0.3, 0.4) is 0 Å². The lowest BCUT2D eigenvalue weighted by Gasteiger charge is -2.15. The van der Waals surface area contributed by atoms with Crippen LogP contribution in [-0.4, -0.2) is 12.0 Å². The number of benzene rings is 2. The number of hydrogen-bond acceptors (Lipinski definition) is 3. The second-order valence-corrected chi connectivity index (χ2v) is 5.81. The first-order valence-electron chi connectivity index (χ1n) is 6.34. The summed E-state index contributed by atoms with van der Waals surface area (Å²) in [7, 11) is 0. The molecule has 2 aromatic carbocycles. The van der Waals surface area contributed by atoms with E-state index in [4.69, 9.17) is 45.3 Å². The van der Waals surface area contributed by atoms with Crippen LogP contribution in [0.25, 0.3) is 0 Å². The Morgan fingerprint density at radius 1 is 1.14 bits per heavy atom. The highest BCUT2D eigenvalue weighted by Gasteiger charge is 2.16. The van der Waals surface area contributed by atoms with Crippen molar-refractivity contribution < 1.29 is 9.53 Å². The van der Waals surface area contributed by atoms with Crippen LogP contribution in [0.4, 0.5) is 11.4 Å². The SMILES string of the molecule is CC(Oc1ccc(Cl)cc1)C(=O)Nc1cc(Cl)c(N)c(Cl)c1. The Morgan fingerprint density at radius 3 is 2.23 bits per heavy atom. The zero-order valence-electron chi connectivity index (χ0n) is 11.6. The molecule has 3 N–H and O–H groups in total. The minimum absolute atomic E-state index is 0.270. The van der Waals surface area contributed by atoms with Crippen molar-refractivity contribution in [2.24, 2.45) is 0 Å². The third kappa shape index (κ3) is 4.19. The Balaban J connectivity index is 2.03. The van der Waals surface area contributed by atoms with E-state index >= 15 is 0 Å². The first-order valence-corrected chi connectivity index (χ1v) is 7.48. The Labute approximate surface area is 143 Å². The van der Waals surface area contributed by atoms with Gasteiger partial charge in [0.05, 0.1) is 15.7 Å². The van der Waals surface area contributed by atoms with Gasteiger partial charge in [0.1, 0.15) is 5.75 Å². The molecular weight excluding hydrogens is 347 g/mol. The van der Waals surface area contributed by atoms with Gasteiger partial charge in [-0.15, -0.1) is 0 Å². The summed E-state index contributed by atoms with van der Waals surface area (Å²) < 4.78 is 5.53. The molecular formula is C15H13Cl3N2O2. The monoisotopic (exact) mass is 358 g/mol. The Morgan fingerprint density at radius 2 is 1.68 bits per heavy atom. The second kappa shape index (κ2) is 7.09. The first kappa shape index (κ1) is 16.7. The van der Waals surface area contributed by atoms with Crippen molar-refractivity contribution in [3.8, 4) is 5.75 Å². The normalized spacial score (nSPS) is 11.8. The van der Waals surface area contributed by atoms with E-state index in [0.29, 0.717) is 16.5 Å². The maximum Gasteiger partial charge on any atom is 0.265 e. The van der Waals surface area contributed by atoms with Gasteiger partial charge in [0.2, 0.25) is 0 Å². The highest BCUT2D eigenvalue weighted by Crippen LogP contribution is 2.31. The maximum atomic E-state index is 12.1. The number of anilines is 2. The molecule has 0 saturated carbocycles. The van der Waals surface area contributed by atoms with Crippen molar-refractivity contribution in [3.05, 3.63) is 51.5 Å². The molecule has 7 heteroatoms. The molecule has 0 aromatic heterocycles. The van der Waals surface area contributed by atoms with Gasteiger partial charge in [-0.05, 0) is 43.3 Å². The molecule has 2 rings (SSSR count). The summed E-state index contributed by atoms with van der Waals surface area (Å²) in [5.74, 6) is 0.201. The van der Waals surface area contributed by atoms with Crippen LogP contribution in [0.2, 0.25) is 15.1 Å². The van der Waals surface area contributed by atoms with Crippen molar-refractivity contribution >= 4 is 52.1 Å². The van der Waals surface area contributed by atoms with Crippen molar-refractivity contribution in [3.63, 3.8) is 0 Å². The van der Waals surface area contributed by atoms with Gasteiger partial charge >= 0.3 is 0 Å². The summed E-state index contributed by atoms with van der Waals surface area (Å²) >= 11 is 17.6. The fourth-order valence-corrected chi connectivity index (χ4v) is 2.28. The van der Waals surface area contributed by atoms with Gasteiger partial charge in [-0.3, -0.25) is 4.79 Å². The number of ether oxygens (including phenoxy) is 1. The number of amides is 1. The second-order valence-electron chi connectivity index (χ2n) is 4.56. The average Bonchev–Trinajstić information content (AvgIpc) is 2.47. The number of hydrogen-bond donors (Lipinski definition) is 2. The van der Waals surface area contributed by atoms with Gasteiger partial charge < -0.3 is 15.8 Å². The van der Waals surface area contributed by atoms with Gasteiger partial charge in [0, 0.05) is 10.7 Å². The molecule has 0 fully saturated rings. The van der Waals surface area contributed by atoms with Gasteiger partial charge in [-0.2, -0.15) is 0 Å². The molecule has 0 bridgehead atoms. The average molecular weight is 360 g/mol. The fourth-order valence-electron chi connectivity index (χ4n) is 1.67. The zero-order chi connectivity index (χ0) is 16.3. The lowest BCUT2D eigenvalue weighted by molar-refractivity contribution is -0.122. The molecule has 2 aromatic rings. The van der Waals surface area contributed by atoms with Crippen LogP contribution < -0.4 is 15.8 Å². The summed E-state index contributed by atoms with van der Waals surface area (Å²) in [5, 5.41) is 3.81. The number of carbonyl (C=O) groups excluding carboxylic acids is 1. The molecule has 0 aliphatic rings. The summed E-state index contributed by atoms with van der Waals surface area (Å²) in [5.41, 5.74) is 6.36. The van der Waals surface area contributed by atoms with Crippen LogP contribution in [0.15, 0.2) is 36.4 Å². The molecule has 22 heavy (non-hydrogen) atoms. The van der Waals surface area contributed by atoms with Gasteiger partial charge in [0.25, 0.3) is 5.91 Å². The van der Waals surface area contributed by atoms with E-state index in [1.54, 1.807) is 31.2 Å². The van der Waals surface area contributed by atoms with Crippen LogP contribution in [0.5, 0.6) is 5.75 Å². The third-order valence-corrected chi connectivity index (χ3v) is 3.72. The molecule has 1 unspecified atom stereocenters. The first-order chi connectivity index (χ1) is 10.4. The quantitative estimate of drug-likeness (QED) is 0.782. The Kier molecular flexibility index (Phi) is 5.40. The van der Waals surface area contributed by atoms with Crippen LogP contribution in [-0.2, 0) is 4.79 Å². The Hall–Kier alpha value is -1.62. The molecule has 116 valence electrons. The van der Waals surface area contributed by atoms with Gasteiger partial charge in [-0.1, -0.05) is 34.8 Å². The van der Waals surface area contributed by atoms with Crippen LogP contribution in [0, 0.1) is 0 Å². The van der Waals surface area contributed by atoms with Crippen LogP contribution >= 0.6 is 34.8 Å². The molecule has 1 amide bonds. The van der Waals surface area contributed by atoms with Crippen molar-refractivity contribution in [2.75, 3.05) is 11.1 Å². The van der Waals surface area contributed by atoms with E-state index in [1.165, 1.54) is 12.1 Å². The number of carbonyl (C=O) groups is 1. The van der Waals surface area contributed by atoms with E-state index in [1.807, 2.05) is 0 Å². The fraction of sp³-hybridized carbons (Fsp3) is 0.133. The third-order valence-electron chi connectivity index (χ3n) is 2.84. The van der Waals surface area contributed by atoms with E-state index in [-0.39, 0.29) is 21.6 Å². The molecule has 0 aliphatic carbocycles. The Bertz CT molecular complexity index is 667. The smallest absolute Gasteiger partial charge is 0.265 e. The number of rotatable bonds is 4. The summed E-state index contributed by atoms with van der Waals surface area (Å²) in [6, 6.07) is 9.78. The van der Waals surface area contributed by atoms with Crippen molar-refractivity contribution in [2.45, 2.75) is 13.0 Å². The molecule has 0 aliphatic heterocycles. The largest absolute Gasteiger partial charge is 0.481 e. The van der Waals surface area contributed by atoms with Crippen LogP contribution in [0.1, 0.15) is 6.92 Å². The van der Waals surface area contributed by atoms with Crippen molar-refractivity contribution in [1.29, 1.82) is 0 Å². The van der Waals surface area contributed by atoms with Gasteiger partial charge in [-0.25, -0.2) is 0 Å². The maximum absolute atomic E-state index is 12.1. The molecule has 0 saturated heterocycles. The number of halogens is 3. The minimum atomic E-state index is -0.712. The molecule has 1 atom stereocenters. The lowest BCUT2D eigenvalue weighted by atomic mass is 10.2. The molecule has 0 spiro atoms. The summed E-state index contributed by atoms with van der Waals surface area (Å²) in [6.07, 6.45) is -0.712. The van der Waals surface area contributed by atoms with E-state index < -0.39 is 6.10 Å². The van der Waals surface area contributed by atoms with Gasteiger partial charge in [0.15, 0.2) is 6.10 Å².